The molecule has 0 spiro atoms. The van der Waals surface area contributed by atoms with E-state index in [1.165, 1.54) is 5.56 Å². The van der Waals surface area contributed by atoms with E-state index in [4.69, 9.17) is 0 Å². The number of nitrogens with zero attached hydrogens (tertiary/aromatic N) is 5. The van der Waals surface area contributed by atoms with Gasteiger partial charge in [0.1, 0.15) is 0 Å². The van der Waals surface area contributed by atoms with Gasteiger partial charge in [0.05, 0.1) is 5.92 Å². The van der Waals surface area contributed by atoms with Crippen molar-refractivity contribution in [3.05, 3.63) is 48.3 Å². The van der Waals surface area contributed by atoms with Gasteiger partial charge in [0.25, 0.3) is 0 Å². The van der Waals surface area contributed by atoms with E-state index in [-0.39, 0.29) is 24.2 Å². The minimum Gasteiger partial charge on any atom is -0.339 e. The molecule has 7 heteroatoms. The Hall–Kier alpha value is -2.96. The first-order valence-corrected chi connectivity index (χ1v) is 9.85. The maximum absolute atomic E-state index is 13.0. The molecule has 146 valence electrons. The predicted octanol–water partition coefficient (Wildman–Crippen LogP) is 1.74. The third-order valence-electron chi connectivity index (χ3n) is 5.53. The highest BCUT2D eigenvalue weighted by atomic mass is 16.2. The zero-order chi connectivity index (χ0) is 19.5. The molecule has 2 saturated heterocycles. The van der Waals surface area contributed by atoms with Crippen LogP contribution in [0.5, 0.6) is 0 Å². The lowest BCUT2D eigenvalue weighted by molar-refractivity contribution is -0.136. The van der Waals surface area contributed by atoms with Gasteiger partial charge < -0.3 is 14.7 Å². The average Bonchev–Trinajstić information content (AvgIpc) is 3.15. The Kier molecular flexibility index (Phi) is 5.23. The summed E-state index contributed by atoms with van der Waals surface area (Å²) in [4.78, 5) is 39.8. The third-order valence-corrected chi connectivity index (χ3v) is 5.53. The van der Waals surface area contributed by atoms with Crippen molar-refractivity contribution < 1.29 is 9.59 Å². The maximum Gasteiger partial charge on any atom is 0.228 e. The van der Waals surface area contributed by atoms with Gasteiger partial charge in [-0.2, -0.15) is 0 Å². The fourth-order valence-corrected chi connectivity index (χ4v) is 3.91. The molecule has 4 rings (SSSR count). The number of anilines is 2. The SMILES string of the molecule is CCc1cccc(N2CC(C(=O)N3CCN(c4ncccn4)CC3)CC2=O)c1. The number of piperazine rings is 1. The van der Waals surface area contributed by atoms with Crippen molar-refractivity contribution in [3.63, 3.8) is 0 Å². The van der Waals surface area contributed by atoms with Gasteiger partial charge in [-0.3, -0.25) is 9.59 Å². The van der Waals surface area contributed by atoms with Gasteiger partial charge in [-0.1, -0.05) is 19.1 Å². The Morgan fingerprint density at radius 2 is 1.86 bits per heavy atom. The molecule has 0 N–H and O–H groups in total. The number of aromatic nitrogens is 2. The fourth-order valence-electron chi connectivity index (χ4n) is 3.91. The van der Waals surface area contributed by atoms with Gasteiger partial charge in [0, 0.05) is 57.2 Å². The molecule has 0 aliphatic carbocycles. The molecule has 1 atom stereocenters. The predicted molar refractivity (Wildman–Crippen MR) is 107 cm³/mol. The molecular formula is C21H25N5O2. The molecule has 7 nitrogen and oxygen atoms in total. The molecule has 1 aromatic carbocycles. The quantitative estimate of drug-likeness (QED) is 0.809. The molecule has 1 unspecified atom stereocenters. The van der Waals surface area contributed by atoms with Crippen LogP contribution in [0.4, 0.5) is 11.6 Å². The Morgan fingerprint density at radius 1 is 1.11 bits per heavy atom. The Labute approximate surface area is 165 Å². The lowest BCUT2D eigenvalue weighted by atomic mass is 10.1. The first-order chi connectivity index (χ1) is 13.7. The van der Waals surface area contributed by atoms with Gasteiger partial charge in [-0.15, -0.1) is 0 Å². The van der Waals surface area contributed by atoms with E-state index >= 15 is 0 Å². The normalized spacial score (nSPS) is 20.0. The van der Waals surface area contributed by atoms with Crippen molar-refractivity contribution in [1.29, 1.82) is 0 Å². The zero-order valence-corrected chi connectivity index (χ0v) is 16.1. The highest BCUT2D eigenvalue weighted by molar-refractivity contribution is 6.00. The minimum atomic E-state index is -0.266. The first-order valence-electron chi connectivity index (χ1n) is 9.85. The van der Waals surface area contributed by atoms with Gasteiger partial charge in [-0.05, 0) is 30.2 Å². The molecule has 2 aromatic rings. The van der Waals surface area contributed by atoms with E-state index in [1.807, 2.05) is 23.1 Å². The summed E-state index contributed by atoms with van der Waals surface area (Å²) in [5, 5.41) is 0. The second-order valence-electron chi connectivity index (χ2n) is 7.29. The molecule has 1 aromatic heterocycles. The van der Waals surface area contributed by atoms with Crippen LogP contribution >= 0.6 is 0 Å². The number of rotatable bonds is 4. The van der Waals surface area contributed by atoms with E-state index in [9.17, 15) is 9.59 Å². The van der Waals surface area contributed by atoms with E-state index < -0.39 is 0 Å². The second kappa shape index (κ2) is 7.96. The van der Waals surface area contributed by atoms with Crippen molar-refractivity contribution in [2.75, 3.05) is 42.5 Å². The summed E-state index contributed by atoms with van der Waals surface area (Å²) in [6.45, 7) is 5.24. The number of carbonyl (C=O) groups excluding carboxylic acids is 2. The van der Waals surface area contributed by atoms with E-state index in [2.05, 4.69) is 27.9 Å². The van der Waals surface area contributed by atoms with E-state index in [0.29, 0.717) is 38.7 Å². The molecule has 2 fully saturated rings. The molecule has 0 radical (unpaired) electrons. The van der Waals surface area contributed by atoms with Crippen molar-refractivity contribution in [2.24, 2.45) is 5.92 Å². The van der Waals surface area contributed by atoms with Crippen molar-refractivity contribution in [1.82, 2.24) is 14.9 Å². The van der Waals surface area contributed by atoms with Crippen molar-refractivity contribution in [3.8, 4) is 0 Å². The third kappa shape index (κ3) is 3.69. The molecule has 28 heavy (non-hydrogen) atoms. The molecule has 2 aliphatic heterocycles. The molecule has 0 saturated carbocycles. The average molecular weight is 379 g/mol. The van der Waals surface area contributed by atoms with Gasteiger partial charge >= 0.3 is 0 Å². The van der Waals surface area contributed by atoms with Crippen LogP contribution in [0.1, 0.15) is 18.9 Å². The summed E-state index contributed by atoms with van der Waals surface area (Å²) >= 11 is 0. The number of carbonyl (C=O) groups is 2. The number of amides is 2. The van der Waals surface area contributed by atoms with Crippen LogP contribution in [0.25, 0.3) is 0 Å². The summed E-state index contributed by atoms with van der Waals surface area (Å²) < 4.78 is 0. The number of hydrogen-bond donors (Lipinski definition) is 0. The lowest BCUT2D eigenvalue weighted by Crippen LogP contribution is -2.51. The van der Waals surface area contributed by atoms with Crippen LogP contribution in [0.2, 0.25) is 0 Å². The monoisotopic (exact) mass is 379 g/mol. The summed E-state index contributed by atoms with van der Waals surface area (Å²) in [5.74, 6) is 0.545. The zero-order valence-electron chi connectivity index (χ0n) is 16.1. The van der Waals surface area contributed by atoms with Crippen LogP contribution in [-0.4, -0.2) is 59.4 Å². The molecule has 2 amide bonds. The Morgan fingerprint density at radius 3 is 2.57 bits per heavy atom. The van der Waals surface area contributed by atoms with Gasteiger partial charge in [0.2, 0.25) is 17.8 Å². The standard InChI is InChI=1S/C21H25N5O2/c1-2-16-5-3-6-18(13-16)26-15-17(14-19(26)27)20(28)24-9-11-25(12-10-24)21-22-7-4-8-23-21/h3-8,13,17H,2,9-12,14-15H2,1H3. The summed E-state index contributed by atoms with van der Waals surface area (Å²) in [7, 11) is 0. The molecule has 3 heterocycles. The topological polar surface area (TPSA) is 69.6 Å². The number of aryl methyl sites for hydroxylation is 1. The fraction of sp³-hybridized carbons (Fsp3) is 0.429. The number of benzene rings is 1. The second-order valence-corrected chi connectivity index (χ2v) is 7.29. The first kappa shape index (κ1) is 18.4. The minimum absolute atomic E-state index is 0.0305. The van der Waals surface area contributed by atoms with Crippen LogP contribution in [0, 0.1) is 5.92 Å². The van der Waals surface area contributed by atoms with Crippen molar-refractivity contribution in [2.45, 2.75) is 19.8 Å². The Balaban J connectivity index is 1.37. The largest absolute Gasteiger partial charge is 0.339 e. The number of hydrogen-bond acceptors (Lipinski definition) is 5. The summed E-state index contributed by atoms with van der Waals surface area (Å²) in [6, 6.07) is 9.82. The molecular weight excluding hydrogens is 354 g/mol. The summed E-state index contributed by atoms with van der Waals surface area (Å²) in [5.41, 5.74) is 2.09. The van der Waals surface area contributed by atoms with Crippen molar-refractivity contribution >= 4 is 23.5 Å². The highest BCUT2D eigenvalue weighted by Crippen LogP contribution is 2.27. The lowest BCUT2D eigenvalue weighted by Gasteiger charge is -2.35. The van der Waals surface area contributed by atoms with Gasteiger partial charge in [-0.25, -0.2) is 9.97 Å². The van der Waals surface area contributed by atoms with E-state index in [1.54, 1.807) is 23.4 Å². The Bertz CT molecular complexity index is 849. The maximum atomic E-state index is 13.0. The highest BCUT2D eigenvalue weighted by Gasteiger charge is 2.38. The van der Waals surface area contributed by atoms with Crippen LogP contribution in [0.3, 0.4) is 0 Å². The van der Waals surface area contributed by atoms with Crippen LogP contribution < -0.4 is 9.80 Å². The van der Waals surface area contributed by atoms with Gasteiger partial charge in [0.15, 0.2) is 0 Å². The molecule has 2 aliphatic rings. The smallest absolute Gasteiger partial charge is 0.228 e. The van der Waals surface area contributed by atoms with Crippen LogP contribution in [0.15, 0.2) is 42.7 Å². The summed E-state index contributed by atoms with van der Waals surface area (Å²) in [6.07, 6.45) is 4.67. The molecule has 0 bridgehead atoms. The van der Waals surface area contributed by atoms with E-state index in [0.717, 1.165) is 12.1 Å². The van der Waals surface area contributed by atoms with Crippen LogP contribution in [-0.2, 0) is 16.0 Å².